The number of hydrogen-bond acceptors (Lipinski definition) is 6. The molecule has 0 radical (unpaired) electrons. The molecule has 2 saturated heterocycles. The van der Waals surface area contributed by atoms with Gasteiger partial charge in [-0.15, -0.1) is 0 Å². The first-order valence-electron chi connectivity index (χ1n) is 11.0. The van der Waals surface area contributed by atoms with Crippen molar-refractivity contribution in [3.63, 3.8) is 0 Å². The highest BCUT2D eigenvalue weighted by Gasteiger charge is 2.35. The standard InChI is InChI=1S/C24H26ClFN4O2/c1-12-17-6-13(7-20(26)22(17)27-10-18(12)24(2,3)31)21-19(25)11-28-23(30-21)29-14-8-15-4-5-16(9-14)32-15/h6-7,10-11,14-16,31H,4-5,8-9H2,1-3H3,(H,28,29,30)/t14?,15-,16+. The van der Waals surface area contributed by atoms with E-state index in [2.05, 4.69) is 20.3 Å². The Labute approximate surface area is 191 Å². The van der Waals surface area contributed by atoms with Gasteiger partial charge in [0.25, 0.3) is 0 Å². The summed E-state index contributed by atoms with van der Waals surface area (Å²) in [6, 6.07) is 3.46. The second-order valence-corrected chi connectivity index (χ2v) is 9.78. The fraction of sp³-hybridized carbons (Fsp3) is 0.458. The summed E-state index contributed by atoms with van der Waals surface area (Å²) >= 11 is 6.43. The number of ether oxygens (including phenoxy) is 1. The number of fused-ring (bicyclic) bond motifs is 3. The number of benzene rings is 1. The summed E-state index contributed by atoms with van der Waals surface area (Å²) in [4.78, 5) is 13.2. The molecule has 0 amide bonds. The van der Waals surface area contributed by atoms with Crippen LogP contribution in [0.5, 0.6) is 0 Å². The minimum Gasteiger partial charge on any atom is -0.386 e. The molecule has 2 N–H and O–H groups in total. The number of aryl methyl sites for hydroxylation is 1. The van der Waals surface area contributed by atoms with Crippen LogP contribution in [-0.4, -0.2) is 38.3 Å². The molecular weight excluding hydrogens is 431 g/mol. The Morgan fingerprint density at radius 1 is 1.16 bits per heavy atom. The normalized spacial score (nSPS) is 23.0. The van der Waals surface area contributed by atoms with Crippen molar-refractivity contribution in [2.75, 3.05) is 5.32 Å². The summed E-state index contributed by atoms with van der Waals surface area (Å²) in [5, 5.41) is 14.8. The maximum absolute atomic E-state index is 15.0. The number of nitrogens with zero attached hydrogens (tertiary/aromatic N) is 3. The van der Waals surface area contributed by atoms with Gasteiger partial charge in [-0.05, 0) is 64.2 Å². The Bertz CT molecular complexity index is 1180. The summed E-state index contributed by atoms with van der Waals surface area (Å²) in [6.07, 6.45) is 7.72. The minimum atomic E-state index is -1.09. The number of hydrogen-bond donors (Lipinski definition) is 2. The van der Waals surface area contributed by atoms with E-state index >= 15 is 0 Å². The second-order valence-electron chi connectivity index (χ2n) is 9.37. The largest absolute Gasteiger partial charge is 0.386 e. The van der Waals surface area contributed by atoms with Gasteiger partial charge in [-0.2, -0.15) is 0 Å². The lowest BCUT2D eigenvalue weighted by Gasteiger charge is -2.29. The fourth-order valence-corrected chi connectivity index (χ4v) is 5.14. The van der Waals surface area contributed by atoms with Crippen LogP contribution < -0.4 is 5.32 Å². The van der Waals surface area contributed by atoms with Crippen molar-refractivity contribution >= 4 is 28.5 Å². The first-order chi connectivity index (χ1) is 15.2. The van der Waals surface area contributed by atoms with Crippen molar-refractivity contribution in [3.05, 3.63) is 46.5 Å². The Hall–Kier alpha value is -2.35. The molecular formula is C24H26ClFN4O2. The van der Waals surface area contributed by atoms with Crippen LogP contribution in [-0.2, 0) is 10.3 Å². The lowest BCUT2D eigenvalue weighted by Crippen LogP contribution is -2.34. The molecule has 168 valence electrons. The van der Waals surface area contributed by atoms with Crippen LogP contribution in [0.25, 0.3) is 22.2 Å². The van der Waals surface area contributed by atoms with E-state index in [1.54, 1.807) is 20.0 Å². The summed E-state index contributed by atoms with van der Waals surface area (Å²) in [5.74, 6) is 0.00406. The summed E-state index contributed by atoms with van der Waals surface area (Å²) in [6.45, 7) is 5.23. The van der Waals surface area contributed by atoms with E-state index < -0.39 is 11.4 Å². The first-order valence-corrected chi connectivity index (χ1v) is 11.3. The topological polar surface area (TPSA) is 80.2 Å². The van der Waals surface area contributed by atoms with Crippen LogP contribution in [0.15, 0.2) is 24.5 Å². The molecule has 8 heteroatoms. The van der Waals surface area contributed by atoms with Crippen LogP contribution in [0, 0.1) is 12.7 Å². The number of pyridine rings is 1. The van der Waals surface area contributed by atoms with E-state index in [9.17, 15) is 9.50 Å². The predicted octanol–water partition coefficient (Wildman–Crippen LogP) is 5.14. The van der Waals surface area contributed by atoms with Gasteiger partial charge in [0.1, 0.15) is 11.3 Å². The van der Waals surface area contributed by atoms with Crippen molar-refractivity contribution in [2.45, 2.75) is 70.3 Å². The van der Waals surface area contributed by atoms with E-state index in [1.807, 2.05) is 13.0 Å². The van der Waals surface area contributed by atoms with Crippen molar-refractivity contribution < 1.29 is 14.2 Å². The average Bonchev–Trinajstić information content (AvgIpc) is 3.07. The van der Waals surface area contributed by atoms with Gasteiger partial charge < -0.3 is 15.2 Å². The number of nitrogens with one attached hydrogen (secondary N) is 1. The molecule has 3 atom stereocenters. The molecule has 1 unspecified atom stereocenters. The molecule has 6 nitrogen and oxygen atoms in total. The lowest BCUT2D eigenvalue weighted by molar-refractivity contribution is 0.000602. The molecule has 2 bridgehead atoms. The summed E-state index contributed by atoms with van der Waals surface area (Å²) < 4.78 is 20.9. The minimum absolute atomic E-state index is 0.240. The number of aliphatic hydroxyl groups is 1. The van der Waals surface area contributed by atoms with Crippen molar-refractivity contribution in [1.29, 1.82) is 0 Å². The SMILES string of the molecule is Cc1c(C(C)(C)O)cnc2c(F)cc(-c3nc(NC4C[C@H]5CC[C@@H](C4)O5)ncc3Cl)cc12. The van der Waals surface area contributed by atoms with Gasteiger partial charge in [0.15, 0.2) is 0 Å². The Morgan fingerprint density at radius 3 is 2.56 bits per heavy atom. The molecule has 1 aromatic carbocycles. The third-order valence-electron chi connectivity index (χ3n) is 6.49. The van der Waals surface area contributed by atoms with Gasteiger partial charge in [-0.25, -0.2) is 14.4 Å². The fourth-order valence-electron chi connectivity index (χ4n) is 4.94. The lowest BCUT2D eigenvalue weighted by atomic mass is 9.92. The smallest absolute Gasteiger partial charge is 0.223 e. The van der Waals surface area contributed by atoms with E-state index in [0.717, 1.165) is 31.2 Å². The van der Waals surface area contributed by atoms with Crippen molar-refractivity contribution in [2.24, 2.45) is 0 Å². The van der Waals surface area contributed by atoms with E-state index in [-0.39, 0.29) is 11.6 Å². The Morgan fingerprint density at radius 2 is 1.88 bits per heavy atom. The molecule has 0 aliphatic carbocycles. The predicted molar refractivity (Wildman–Crippen MR) is 122 cm³/mol. The third-order valence-corrected chi connectivity index (χ3v) is 6.77. The Kier molecular flexibility index (Phi) is 5.31. The number of halogens is 2. The highest BCUT2D eigenvalue weighted by molar-refractivity contribution is 6.33. The molecule has 5 rings (SSSR count). The second kappa shape index (κ2) is 7.90. The molecule has 0 saturated carbocycles. The summed E-state index contributed by atoms with van der Waals surface area (Å²) in [5.41, 5.74) is 1.56. The summed E-state index contributed by atoms with van der Waals surface area (Å²) in [7, 11) is 0. The quantitative estimate of drug-likeness (QED) is 0.565. The number of anilines is 1. The molecule has 2 aromatic heterocycles. The van der Waals surface area contributed by atoms with Crippen LogP contribution >= 0.6 is 11.6 Å². The van der Waals surface area contributed by atoms with Crippen molar-refractivity contribution in [1.82, 2.24) is 15.0 Å². The van der Waals surface area contributed by atoms with E-state index in [0.29, 0.717) is 45.4 Å². The zero-order valence-corrected chi connectivity index (χ0v) is 19.1. The van der Waals surface area contributed by atoms with Gasteiger partial charge in [-0.3, -0.25) is 4.98 Å². The zero-order valence-electron chi connectivity index (χ0n) is 18.3. The maximum Gasteiger partial charge on any atom is 0.223 e. The molecule has 3 aromatic rings. The average molecular weight is 457 g/mol. The Balaban J connectivity index is 1.53. The molecule has 2 fully saturated rings. The van der Waals surface area contributed by atoms with Crippen LogP contribution in [0.4, 0.5) is 10.3 Å². The third kappa shape index (κ3) is 3.93. The van der Waals surface area contributed by atoms with Gasteiger partial charge in [0.2, 0.25) is 5.95 Å². The van der Waals surface area contributed by atoms with Gasteiger partial charge in [0, 0.05) is 28.8 Å². The van der Waals surface area contributed by atoms with Crippen LogP contribution in [0.1, 0.15) is 50.7 Å². The van der Waals surface area contributed by atoms with Crippen molar-refractivity contribution in [3.8, 4) is 11.3 Å². The number of aromatic nitrogens is 3. The molecule has 0 spiro atoms. The first kappa shape index (κ1) is 21.5. The maximum atomic E-state index is 15.0. The van der Waals surface area contributed by atoms with E-state index in [1.165, 1.54) is 12.3 Å². The van der Waals surface area contributed by atoms with Gasteiger partial charge >= 0.3 is 0 Å². The van der Waals surface area contributed by atoms with Crippen LogP contribution in [0.3, 0.4) is 0 Å². The van der Waals surface area contributed by atoms with Gasteiger partial charge in [-0.1, -0.05) is 11.6 Å². The number of rotatable bonds is 4. The van der Waals surface area contributed by atoms with Gasteiger partial charge in [0.05, 0.1) is 34.7 Å². The van der Waals surface area contributed by atoms with Crippen LogP contribution in [0.2, 0.25) is 5.02 Å². The molecule has 2 aliphatic heterocycles. The molecule has 4 heterocycles. The highest BCUT2D eigenvalue weighted by atomic mass is 35.5. The monoisotopic (exact) mass is 456 g/mol. The van der Waals surface area contributed by atoms with E-state index in [4.69, 9.17) is 16.3 Å². The molecule has 32 heavy (non-hydrogen) atoms. The highest BCUT2D eigenvalue weighted by Crippen LogP contribution is 2.36. The molecule has 2 aliphatic rings. The zero-order chi connectivity index (χ0) is 22.6.